The van der Waals surface area contributed by atoms with Crippen LogP contribution in [0.5, 0.6) is 0 Å². The lowest BCUT2D eigenvalue weighted by molar-refractivity contribution is -0.142. The van der Waals surface area contributed by atoms with Crippen molar-refractivity contribution in [3.8, 4) is 0 Å². The van der Waals surface area contributed by atoms with Crippen LogP contribution in [0.4, 0.5) is 0 Å². The number of ketones is 2. The van der Waals surface area contributed by atoms with Crippen molar-refractivity contribution in [2.45, 2.75) is 64.5 Å². The first-order valence-electron chi connectivity index (χ1n) is 14.1. The van der Waals surface area contributed by atoms with Gasteiger partial charge in [0.1, 0.15) is 11.3 Å². The van der Waals surface area contributed by atoms with Gasteiger partial charge in [-0.25, -0.2) is 4.98 Å². The molecule has 222 valence electrons. The number of halogens is 1. The van der Waals surface area contributed by atoms with E-state index in [1.54, 1.807) is 43.6 Å². The zero-order valence-corrected chi connectivity index (χ0v) is 25.6. The lowest BCUT2D eigenvalue weighted by Crippen LogP contribution is -2.54. The second-order valence-electron chi connectivity index (χ2n) is 11.7. The first-order valence-corrected chi connectivity index (χ1v) is 14.8. The van der Waals surface area contributed by atoms with Gasteiger partial charge in [-0.3, -0.25) is 24.0 Å². The molecule has 3 N–H and O–H groups in total. The Balaban J connectivity index is 1.58. The number of nitrogens with one attached hydrogen (secondary N) is 3. The maximum Gasteiger partial charge on any atom is 0.290 e. The predicted molar refractivity (Wildman–Crippen MR) is 161 cm³/mol. The largest absolute Gasteiger partial charge is 0.356 e. The second-order valence-corrected chi connectivity index (χ2v) is 12.7. The maximum atomic E-state index is 13.8. The Morgan fingerprint density at radius 1 is 1.10 bits per heavy atom. The number of carbonyl (C=O) groups is 5. The van der Waals surface area contributed by atoms with Crippen molar-refractivity contribution < 1.29 is 24.0 Å². The molecule has 3 aromatic rings. The Hall–Kier alpha value is -3.86. The lowest BCUT2D eigenvalue weighted by atomic mass is 9.88. The second kappa shape index (κ2) is 13.4. The van der Waals surface area contributed by atoms with E-state index in [0.29, 0.717) is 18.6 Å². The van der Waals surface area contributed by atoms with Crippen molar-refractivity contribution in [1.29, 1.82) is 0 Å². The third-order valence-corrected chi connectivity index (χ3v) is 7.56. The minimum absolute atomic E-state index is 0.0126. The van der Waals surface area contributed by atoms with E-state index in [2.05, 4.69) is 36.9 Å². The smallest absolute Gasteiger partial charge is 0.290 e. The van der Waals surface area contributed by atoms with Gasteiger partial charge in [-0.1, -0.05) is 30.3 Å². The zero-order chi connectivity index (χ0) is 30.4. The SMILES string of the molecule is CC(C)(C)NC(=O)C(=O)[C@H](C[C@@H]1CCCNC1=O)NC(=O)[C@@H](CC(=O)c1cn2cc(Br)ccc2n1)Cc1ccccc1. The fraction of sp³-hybridized carbons (Fsp3) is 0.419. The van der Waals surface area contributed by atoms with Crippen LogP contribution in [0.1, 0.15) is 62.5 Å². The van der Waals surface area contributed by atoms with Gasteiger partial charge in [0, 0.05) is 47.2 Å². The van der Waals surface area contributed by atoms with Gasteiger partial charge >= 0.3 is 0 Å². The monoisotopic (exact) mass is 637 g/mol. The van der Waals surface area contributed by atoms with Gasteiger partial charge in [-0.15, -0.1) is 0 Å². The summed E-state index contributed by atoms with van der Waals surface area (Å²) in [6.07, 6.45) is 4.74. The molecular formula is C31H36BrN5O5. The van der Waals surface area contributed by atoms with E-state index in [9.17, 15) is 24.0 Å². The van der Waals surface area contributed by atoms with Crippen LogP contribution < -0.4 is 16.0 Å². The molecule has 10 nitrogen and oxygen atoms in total. The first-order chi connectivity index (χ1) is 19.9. The van der Waals surface area contributed by atoms with Crippen LogP contribution in [0.3, 0.4) is 0 Å². The van der Waals surface area contributed by atoms with Gasteiger partial charge < -0.3 is 20.4 Å². The number of amides is 3. The standard InChI is InChI=1S/C31H36BrN5O5/c1-31(2,3)36-30(42)27(39)23(15-20-10-7-13-33-28(20)40)35-29(41)21(14-19-8-5-4-6-9-19)16-25(38)24-18-37-17-22(32)11-12-26(37)34-24/h4-6,8-9,11-12,17-18,20-21,23H,7,10,13-16H2,1-3H3,(H,33,40)(H,35,41)(H,36,42)/t20-,21+,23-/m0/s1. The molecule has 0 bridgehead atoms. The molecule has 0 aliphatic carbocycles. The molecule has 11 heteroatoms. The topological polar surface area (TPSA) is 139 Å². The van der Waals surface area contributed by atoms with E-state index in [-0.39, 0.29) is 36.6 Å². The number of benzene rings is 1. The summed E-state index contributed by atoms with van der Waals surface area (Å²) in [7, 11) is 0. The summed E-state index contributed by atoms with van der Waals surface area (Å²) >= 11 is 3.41. The van der Waals surface area contributed by atoms with Crippen molar-refractivity contribution in [3.63, 3.8) is 0 Å². The third kappa shape index (κ3) is 8.34. The molecule has 4 rings (SSSR count). The summed E-state index contributed by atoms with van der Waals surface area (Å²) in [5.41, 5.74) is 0.974. The van der Waals surface area contributed by atoms with Crippen LogP contribution in [0.15, 0.2) is 59.3 Å². The molecular weight excluding hydrogens is 602 g/mol. The van der Waals surface area contributed by atoms with Crippen molar-refractivity contribution >= 4 is 50.9 Å². The molecule has 2 aromatic heterocycles. The molecule has 0 radical (unpaired) electrons. The molecule has 3 amide bonds. The van der Waals surface area contributed by atoms with E-state index < -0.39 is 41.0 Å². The average Bonchev–Trinajstić information content (AvgIpc) is 3.36. The molecule has 0 unspecified atom stereocenters. The summed E-state index contributed by atoms with van der Waals surface area (Å²) in [6, 6.07) is 11.6. The normalized spacial score (nSPS) is 16.8. The molecule has 1 aromatic carbocycles. The number of pyridine rings is 1. The Kier molecular flexibility index (Phi) is 9.93. The van der Waals surface area contributed by atoms with E-state index in [1.807, 2.05) is 36.4 Å². The number of fused-ring (bicyclic) bond motifs is 1. The van der Waals surface area contributed by atoms with E-state index in [1.165, 1.54) is 0 Å². The van der Waals surface area contributed by atoms with Crippen LogP contribution in [0, 0.1) is 11.8 Å². The van der Waals surface area contributed by atoms with Gasteiger partial charge in [-0.05, 0) is 80.1 Å². The van der Waals surface area contributed by atoms with Gasteiger partial charge in [0.2, 0.25) is 17.6 Å². The van der Waals surface area contributed by atoms with Gasteiger partial charge in [-0.2, -0.15) is 0 Å². The van der Waals surface area contributed by atoms with Crippen molar-refractivity contribution in [2.75, 3.05) is 6.54 Å². The number of hydrogen-bond donors (Lipinski definition) is 3. The number of rotatable bonds is 11. The van der Waals surface area contributed by atoms with Crippen LogP contribution in [0.2, 0.25) is 0 Å². The highest BCUT2D eigenvalue weighted by Crippen LogP contribution is 2.21. The van der Waals surface area contributed by atoms with Crippen LogP contribution in [-0.4, -0.2) is 56.8 Å². The Labute approximate surface area is 253 Å². The Bertz CT molecular complexity index is 1480. The molecule has 1 saturated heterocycles. The van der Waals surface area contributed by atoms with Gasteiger partial charge in [0.15, 0.2) is 5.78 Å². The van der Waals surface area contributed by atoms with Gasteiger partial charge in [0.25, 0.3) is 5.91 Å². The third-order valence-electron chi connectivity index (χ3n) is 7.09. The number of hydrogen-bond acceptors (Lipinski definition) is 6. The fourth-order valence-corrected chi connectivity index (χ4v) is 5.36. The number of Topliss-reactive ketones (excluding diaryl/α,β-unsaturated/α-hetero) is 2. The minimum Gasteiger partial charge on any atom is -0.356 e. The molecule has 1 aliphatic heterocycles. The molecule has 3 heterocycles. The molecule has 0 saturated carbocycles. The molecule has 1 fully saturated rings. The highest BCUT2D eigenvalue weighted by atomic mass is 79.9. The number of nitrogens with zero attached hydrogens (tertiary/aromatic N) is 2. The summed E-state index contributed by atoms with van der Waals surface area (Å²) in [6.45, 7) is 5.80. The van der Waals surface area contributed by atoms with E-state index in [0.717, 1.165) is 16.5 Å². The highest BCUT2D eigenvalue weighted by molar-refractivity contribution is 9.10. The first kappa shape index (κ1) is 31.1. The molecule has 0 spiro atoms. The molecule has 3 atom stereocenters. The summed E-state index contributed by atoms with van der Waals surface area (Å²) < 4.78 is 2.55. The summed E-state index contributed by atoms with van der Waals surface area (Å²) in [4.78, 5) is 70.3. The molecule has 1 aliphatic rings. The van der Waals surface area contributed by atoms with E-state index >= 15 is 0 Å². The lowest BCUT2D eigenvalue weighted by Gasteiger charge is -2.28. The predicted octanol–water partition coefficient (Wildman–Crippen LogP) is 3.41. The number of imidazole rings is 1. The van der Waals surface area contributed by atoms with E-state index in [4.69, 9.17) is 0 Å². The maximum absolute atomic E-state index is 13.8. The van der Waals surface area contributed by atoms with Crippen molar-refractivity contribution in [3.05, 3.63) is 70.6 Å². The Morgan fingerprint density at radius 3 is 2.52 bits per heavy atom. The van der Waals surface area contributed by atoms with Crippen LogP contribution in [0.25, 0.3) is 5.65 Å². The van der Waals surface area contributed by atoms with Gasteiger partial charge in [0.05, 0.1) is 6.04 Å². The number of aromatic nitrogens is 2. The fourth-order valence-electron chi connectivity index (χ4n) is 5.01. The number of carbonyl (C=O) groups excluding carboxylic acids is 5. The van der Waals surface area contributed by atoms with Crippen molar-refractivity contribution in [1.82, 2.24) is 25.3 Å². The number of piperidine rings is 1. The van der Waals surface area contributed by atoms with Crippen LogP contribution in [-0.2, 0) is 25.6 Å². The van der Waals surface area contributed by atoms with Crippen LogP contribution >= 0.6 is 15.9 Å². The Morgan fingerprint density at radius 2 is 1.83 bits per heavy atom. The average molecular weight is 639 g/mol. The minimum atomic E-state index is -1.23. The molecule has 42 heavy (non-hydrogen) atoms. The van der Waals surface area contributed by atoms with Crippen molar-refractivity contribution in [2.24, 2.45) is 11.8 Å². The summed E-state index contributed by atoms with van der Waals surface area (Å²) in [5, 5.41) is 8.19. The highest BCUT2D eigenvalue weighted by Gasteiger charge is 2.36. The quantitative estimate of drug-likeness (QED) is 0.218. The summed E-state index contributed by atoms with van der Waals surface area (Å²) in [5.74, 6) is -4.12. The zero-order valence-electron chi connectivity index (χ0n) is 24.0.